The summed E-state index contributed by atoms with van der Waals surface area (Å²) in [6, 6.07) is 12.3. The van der Waals surface area contributed by atoms with Crippen LogP contribution in [0.15, 0.2) is 42.5 Å². The molecule has 2 aromatic carbocycles. The second kappa shape index (κ2) is 9.89. The molecule has 0 spiro atoms. The highest BCUT2D eigenvalue weighted by molar-refractivity contribution is 7.99. The van der Waals surface area contributed by atoms with E-state index in [4.69, 9.17) is 0 Å². The maximum absolute atomic E-state index is 12.4. The van der Waals surface area contributed by atoms with E-state index in [-0.39, 0.29) is 18.1 Å². The van der Waals surface area contributed by atoms with Crippen molar-refractivity contribution in [2.75, 3.05) is 29.9 Å². The topological polar surface area (TPSA) is 41.6 Å². The van der Waals surface area contributed by atoms with Crippen LogP contribution in [0.1, 0.15) is 16.7 Å². The van der Waals surface area contributed by atoms with E-state index in [2.05, 4.69) is 21.0 Å². The molecule has 1 aliphatic rings. The number of thioether (sulfide) groups is 1. The zero-order valence-electron chi connectivity index (χ0n) is 15.8. The lowest BCUT2D eigenvalue weighted by atomic mass is 10.1. The lowest BCUT2D eigenvalue weighted by molar-refractivity contribution is -0.115. The van der Waals surface area contributed by atoms with Crippen molar-refractivity contribution < 1.29 is 18.3 Å². The number of nitrogens with one attached hydrogen (secondary N) is 1. The average molecular weight is 406 g/mol. The molecule has 0 unspecified atom stereocenters. The molecule has 0 radical (unpaired) electrons. The number of aryl methyl sites for hydroxylation is 1. The minimum absolute atomic E-state index is 0.0822. The number of halogens is 2. The third-order valence-electron chi connectivity index (χ3n) is 4.60. The molecule has 1 N–H and O–H groups in total. The first-order chi connectivity index (χ1) is 13.5. The Morgan fingerprint density at radius 2 is 1.82 bits per heavy atom. The molecule has 7 heteroatoms. The molecule has 2 aromatic rings. The van der Waals surface area contributed by atoms with Gasteiger partial charge in [0.2, 0.25) is 5.91 Å². The van der Waals surface area contributed by atoms with Crippen LogP contribution in [-0.4, -0.2) is 42.0 Å². The maximum atomic E-state index is 12.4. The van der Waals surface area contributed by atoms with Crippen LogP contribution in [0.25, 0.3) is 0 Å². The second-order valence-corrected chi connectivity index (χ2v) is 8.01. The Labute approximate surface area is 168 Å². The number of anilines is 1. The Morgan fingerprint density at radius 3 is 2.50 bits per heavy atom. The highest BCUT2D eigenvalue weighted by Gasteiger charge is 2.13. The Balaban J connectivity index is 1.59. The molecule has 1 aliphatic heterocycles. The van der Waals surface area contributed by atoms with Gasteiger partial charge in [-0.05, 0) is 41.8 Å². The first-order valence-corrected chi connectivity index (χ1v) is 10.4. The first kappa shape index (κ1) is 20.6. The molecule has 4 nitrogen and oxygen atoms in total. The first-order valence-electron chi connectivity index (χ1n) is 9.23. The van der Waals surface area contributed by atoms with Gasteiger partial charge in [0.15, 0.2) is 0 Å². The number of amides is 1. The minimum Gasteiger partial charge on any atom is -0.435 e. The van der Waals surface area contributed by atoms with Gasteiger partial charge in [-0.25, -0.2) is 0 Å². The van der Waals surface area contributed by atoms with Crippen molar-refractivity contribution in [3.63, 3.8) is 0 Å². The molecule has 1 fully saturated rings. The number of carbonyl (C=O) groups is 1. The lowest BCUT2D eigenvalue weighted by Crippen LogP contribution is -2.32. The van der Waals surface area contributed by atoms with Gasteiger partial charge in [-0.2, -0.15) is 20.5 Å². The highest BCUT2D eigenvalue weighted by atomic mass is 32.2. The summed E-state index contributed by atoms with van der Waals surface area (Å²) >= 11 is 1.98. The van der Waals surface area contributed by atoms with E-state index in [1.165, 1.54) is 17.7 Å². The normalized spacial score (nSPS) is 14.9. The van der Waals surface area contributed by atoms with Crippen LogP contribution in [0.2, 0.25) is 0 Å². The highest BCUT2D eigenvalue weighted by Crippen LogP contribution is 2.21. The number of benzene rings is 2. The fourth-order valence-corrected chi connectivity index (χ4v) is 4.07. The van der Waals surface area contributed by atoms with Gasteiger partial charge < -0.3 is 10.1 Å². The molecule has 1 heterocycles. The Hall–Kier alpha value is -2.12. The van der Waals surface area contributed by atoms with E-state index in [0.717, 1.165) is 48.0 Å². The van der Waals surface area contributed by atoms with E-state index in [1.54, 1.807) is 12.1 Å². The van der Waals surface area contributed by atoms with Crippen LogP contribution in [0.4, 0.5) is 14.5 Å². The molecule has 28 heavy (non-hydrogen) atoms. The molecule has 0 saturated carbocycles. The van der Waals surface area contributed by atoms with Gasteiger partial charge in [0.1, 0.15) is 5.75 Å². The van der Waals surface area contributed by atoms with E-state index in [9.17, 15) is 13.6 Å². The van der Waals surface area contributed by atoms with Crippen molar-refractivity contribution in [1.82, 2.24) is 4.90 Å². The van der Waals surface area contributed by atoms with Crippen LogP contribution >= 0.6 is 11.8 Å². The number of ether oxygens (including phenoxy) is 1. The Morgan fingerprint density at radius 1 is 1.14 bits per heavy atom. The van der Waals surface area contributed by atoms with Gasteiger partial charge in [-0.3, -0.25) is 9.69 Å². The smallest absolute Gasteiger partial charge is 0.387 e. The second-order valence-electron chi connectivity index (χ2n) is 6.79. The summed E-state index contributed by atoms with van der Waals surface area (Å²) in [6.45, 7) is 2.17. The zero-order chi connectivity index (χ0) is 19.9. The summed E-state index contributed by atoms with van der Waals surface area (Å²) in [4.78, 5) is 14.8. The molecule has 1 amide bonds. The fourth-order valence-electron chi connectivity index (χ4n) is 3.09. The van der Waals surface area contributed by atoms with Gasteiger partial charge in [0, 0.05) is 36.8 Å². The van der Waals surface area contributed by atoms with Gasteiger partial charge in [-0.1, -0.05) is 24.3 Å². The molecule has 0 bridgehead atoms. The van der Waals surface area contributed by atoms with Gasteiger partial charge in [0.25, 0.3) is 0 Å². The summed E-state index contributed by atoms with van der Waals surface area (Å²) in [5, 5.41) is 2.97. The summed E-state index contributed by atoms with van der Waals surface area (Å²) in [6.07, 6.45) is 0.169. The largest absolute Gasteiger partial charge is 0.435 e. The molecular formula is C21H24F2N2O2S. The van der Waals surface area contributed by atoms with Crippen molar-refractivity contribution in [2.24, 2.45) is 0 Å². The molecule has 0 atom stereocenters. The van der Waals surface area contributed by atoms with E-state index >= 15 is 0 Å². The average Bonchev–Trinajstić information content (AvgIpc) is 2.66. The van der Waals surface area contributed by atoms with Gasteiger partial charge >= 0.3 is 6.61 Å². The van der Waals surface area contributed by atoms with E-state index < -0.39 is 6.61 Å². The Bertz CT molecular complexity index is 793. The molecule has 150 valence electrons. The van der Waals surface area contributed by atoms with Crippen LogP contribution in [0, 0.1) is 6.92 Å². The number of hydrogen-bond donors (Lipinski definition) is 1. The standard InChI is InChI=1S/C21H24F2N2O2S/c1-15-2-3-17(14-25-8-10-28-11-9-25)12-19(15)24-20(26)13-16-4-6-18(7-5-16)27-21(22)23/h2-7,12,21H,8-11,13-14H2,1H3,(H,24,26). The number of carbonyl (C=O) groups excluding carboxylic acids is 1. The van der Waals surface area contributed by atoms with Crippen molar-refractivity contribution >= 4 is 23.4 Å². The quantitative estimate of drug-likeness (QED) is 0.743. The van der Waals surface area contributed by atoms with Crippen LogP contribution < -0.4 is 10.1 Å². The molecular weight excluding hydrogens is 382 g/mol. The molecule has 1 saturated heterocycles. The van der Waals surface area contributed by atoms with Gasteiger partial charge in [0.05, 0.1) is 6.42 Å². The number of alkyl halides is 2. The molecule has 3 rings (SSSR count). The number of rotatable bonds is 7. The summed E-state index contributed by atoms with van der Waals surface area (Å²) in [5.41, 5.74) is 3.73. The summed E-state index contributed by atoms with van der Waals surface area (Å²) < 4.78 is 28.7. The predicted octanol–water partition coefficient (Wildman–Crippen LogP) is 4.33. The SMILES string of the molecule is Cc1ccc(CN2CCSCC2)cc1NC(=O)Cc1ccc(OC(F)F)cc1. The summed E-state index contributed by atoms with van der Waals surface area (Å²) in [7, 11) is 0. The van der Waals surface area contributed by atoms with E-state index in [0.29, 0.717) is 0 Å². The van der Waals surface area contributed by atoms with Crippen molar-refractivity contribution in [3.8, 4) is 5.75 Å². The zero-order valence-corrected chi connectivity index (χ0v) is 16.6. The number of hydrogen-bond acceptors (Lipinski definition) is 4. The maximum Gasteiger partial charge on any atom is 0.387 e. The van der Waals surface area contributed by atoms with Crippen LogP contribution in [0.5, 0.6) is 5.75 Å². The summed E-state index contributed by atoms with van der Waals surface area (Å²) in [5.74, 6) is 2.27. The molecule has 0 aromatic heterocycles. The van der Waals surface area contributed by atoms with Crippen LogP contribution in [-0.2, 0) is 17.8 Å². The van der Waals surface area contributed by atoms with Crippen molar-refractivity contribution in [2.45, 2.75) is 26.5 Å². The van der Waals surface area contributed by atoms with E-state index in [1.807, 2.05) is 30.8 Å². The van der Waals surface area contributed by atoms with Crippen LogP contribution in [0.3, 0.4) is 0 Å². The molecule has 0 aliphatic carbocycles. The van der Waals surface area contributed by atoms with Gasteiger partial charge in [-0.15, -0.1) is 0 Å². The monoisotopic (exact) mass is 406 g/mol. The Kier molecular flexibility index (Phi) is 7.28. The lowest BCUT2D eigenvalue weighted by Gasteiger charge is -2.26. The fraction of sp³-hybridized carbons (Fsp3) is 0.381. The number of nitrogens with zero attached hydrogens (tertiary/aromatic N) is 1. The minimum atomic E-state index is -2.85. The predicted molar refractivity (Wildman–Crippen MR) is 109 cm³/mol. The third kappa shape index (κ3) is 6.21. The van der Waals surface area contributed by atoms with Crippen molar-refractivity contribution in [3.05, 3.63) is 59.2 Å². The third-order valence-corrected chi connectivity index (χ3v) is 5.54. The van der Waals surface area contributed by atoms with Crippen molar-refractivity contribution in [1.29, 1.82) is 0 Å².